The number of nitrogens with one attached hydrogen (secondary N) is 1. The highest BCUT2D eigenvalue weighted by atomic mass is 16.5. The molecule has 21 heavy (non-hydrogen) atoms. The van der Waals surface area contributed by atoms with Crippen LogP contribution in [0.25, 0.3) is 0 Å². The molecule has 2 aliphatic heterocycles. The minimum absolute atomic E-state index is 0.0780. The molecule has 1 atom stereocenters. The maximum Gasteiger partial charge on any atom is 0.243 e. The molecular weight excluding hydrogens is 272 g/mol. The van der Waals surface area contributed by atoms with Gasteiger partial charge in [0.15, 0.2) is 0 Å². The Morgan fingerprint density at radius 3 is 2.57 bits per heavy atom. The highest BCUT2D eigenvalue weighted by Gasteiger charge is 2.43. The second-order valence-corrected chi connectivity index (χ2v) is 6.50. The normalized spacial score (nSPS) is 28.4. The van der Waals surface area contributed by atoms with Crippen molar-refractivity contribution < 1.29 is 19.4 Å². The summed E-state index contributed by atoms with van der Waals surface area (Å²) in [5.74, 6) is 0.170. The van der Waals surface area contributed by atoms with Gasteiger partial charge in [-0.2, -0.15) is 0 Å². The van der Waals surface area contributed by atoms with Crippen LogP contribution in [0.4, 0.5) is 0 Å². The van der Waals surface area contributed by atoms with Crippen molar-refractivity contribution >= 4 is 11.8 Å². The Morgan fingerprint density at radius 1 is 1.24 bits per heavy atom. The fraction of sp³-hybridized carbons (Fsp3) is 0.867. The minimum Gasteiger partial charge on any atom is -0.394 e. The first-order valence-electron chi connectivity index (χ1n) is 7.96. The molecule has 6 heteroatoms. The molecule has 2 amide bonds. The van der Waals surface area contributed by atoms with Gasteiger partial charge >= 0.3 is 0 Å². The molecule has 118 valence electrons. The first kappa shape index (κ1) is 14.8. The van der Waals surface area contributed by atoms with E-state index < -0.39 is 5.54 Å². The lowest BCUT2D eigenvalue weighted by Crippen LogP contribution is -2.59. The van der Waals surface area contributed by atoms with Crippen LogP contribution in [-0.4, -0.2) is 59.8 Å². The summed E-state index contributed by atoms with van der Waals surface area (Å²) in [4.78, 5) is 26.6. The van der Waals surface area contributed by atoms with E-state index in [4.69, 9.17) is 4.74 Å². The number of hydrogen-bond acceptors (Lipinski definition) is 4. The van der Waals surface area contributed by atoms with Gasteiger partial charge < -0.3 is 20.1 Å². The van der Waals surface area contributed by atoms with Gasteiger partial charge in [-0.05, 0) is 38.5 Å². The summed E-state index contributed by atoms with van der Waals surface area (Å²) in [5, 5.41) is 12.7. The van der Waals surface area contributed by atoms with Crippen molar-refractivity contribution in [1.82, 2.24) is 10.2 Å². The summed E-state index contributed by atoms with van der Waals surface area (Å²) >= 11 is 0. The maximum atomic E-state index is 12.6. The zero-order valence-electron chi connectivity index (χ0n) is 12.3. The third-order valence-corrected chi connectivity index (χ3v) is 4.91. The molecule has 3 rings (SSSR count). The monoisotopic (exact) mass is 296 g/mol. The SMILES string of the molecule is O=C(NC1(CO)CCOCC1)C1CCCN1C(=O)C1CC1. The van der Waals surface area contributed by atoms with E-state index in [-0.39, 0.29) is 30.4 Å². The van der Waals surface area contributed by atoms with Crippen LogP contribution in [0.2, 0.25) is 0 Å². The maximum absolute atomic E-state index is 12.6. The van der Waals surface area contributed by atoms with Crippen LogP contribution in [0.5, 0.6) is 0 Å². The second kappa shape index (κ2) is 5.93. The summed E-state index contributed by atoms with van der Waals surface area (Å²) in [6.07, 6.45) is 4.77. The average molecular weight is 296 g/mol. The number of likely N-dealkylation sites (tertiary alicyclic amines) is 1. The molecule has 0 aromatic heterocycles. The predicted molar refractivity (Wildman–Crippen MR) is 75.5 cm³/mol. The molecule has 3 aliphatic rings. The van der Waals surface area contributed by atoms with Gasteiger partial charge in [-0.1, -0.05) is 0 Å². The van der Waals surface area contributed by atoms with E-state index in [1.54, 1.807) is 4.90 Å². The molecule has 3 fully saturated rings. The lowest BCUT2D eigenvalue weighted by molar-refractivity contribution is -0.141. The second-order valence-electron chi connectivity index (χ2n) is 6.50. The Bertz CT molecular complexity index is 416. The van der Waals surface area contributed by atoms with Gasteiger partial charge in [-0.15, -0.1) is 0 Å². The molecule has 1 unspecified atom stereocenters. The Morgan fingerprint density at radius 2 is 1.95 bits per heavy atom. The van der Waals surface area contributed by atoms with Gasteiger partial charge in [0.05, 0.1) is 12.1 Å². The molecule has 0 aromatic rings. The van der Waals surface area contributed by atoms with Gasteiger partial charge in [-0.3, -0.25) is 9.59 Å². The minimum atomic E-state index is -0.577. The number of ether oxygens (including phenoxy) is 1. The number of aliphatic hydroxyl groups is 1. The van der Waals surface area contributed by atoms with Crippen molar-refractivity contribution in [2.45, 2.75) is 50.1 Å². The molecule has 0 aromatic carbocycles. The van der Waals surface area contributed by atoms with Crippen LogP contribution in [0.3, 0.4) is 0 Å². The zero-order valence-corrected chi connectivity index (χ0v) is 12.3. The van der Waals surface area contributed by atoms with Crippen molar-refractivity contribution in [3.63, 3.8) is 0 Å². The van der Waals surface area contributed by atoms with Crippen molar-refractivity contribution in [3.05, 3.63) is 0 Å². The summed E-state index contributed by atoms with van der Waals surface area (Å²) in [6.45, 7) is 1.71. The average Bonchev–Trinajstić information content (AvgIpc) is 3.24. The molecule has 0 radical (unpaired) electrons. The summed E-state index contributed by atoms with van der Waals surface area (Å²) in [7, 11) is 0. The number of rotatable bonds is 4. The molecule has 2 heterocycles. The molecule has 2 N–H and O–H groups in total. The fourth-order valence-electron chi connectivity index (χ4n) is 3.30. The van der Waals surface area contributed by atoms with Crippen LogP contribution in [-0.2, 0) is 14.3 Å². The predicted octanol–water partition coefficient (Wildman–Crippen LogP) is 0.0451. The Labute approximate surface area is 124 Å². The lowest BCUT2D eigenvalue weighted by atomic mass is 9.90. The standard InChI is InChI=1S/C15H24N2O4/c18-10-15(5-8-21-9-6-15)16-13(19)12-2-1-7-17(12)14(20)11-3-4-11/h11-12,18H,1-10H2,(H,16,19). The number of aliphatic hydroxyl groups excluding tert-OH is 1. The third kappa shape index (κ3) is 3.06. The summed E-state index contributed by atoms with van der Waals surface area (Å²) in [6, 6.07) is -0.357. The van der Waals surface area contributed by atoms with E-state index >= 15 is 0 Å². The number of carbonyl (C=O) groups excluding carboxylic acids is 2. The van der Waals surface area contributed by atoms with Gasteiger partial charge in [0.1, 0.15) is 6.04 Å². The summed E-state index contributed by atoms with van der Waals surface area (Å²) < 4.78 is 5.31. The van der Waals surface area contributed by atoms with Crippen LogP contribution in [0.1, 0.15) is 38.5 Å². The highest BCUT2D eigenvalue weighted by Crippen LogP contribution is 2.34. The Kier molecular flexibility index (Phi) is 4.17. The van der Waals surface area contributed by atoms with E-state index in [1.165, 1.54) is 0 Å². The first-order chi connectivity index (χ1) is 10.2. The van der Waals surface area contributed by atoms with E-state index in [1.807, 2.05) is 0 Å². The van der Waals surface area contributed by atoms with Crippen molar-refractivity contribution in [1.29, 1.82) is 0 Å². The van der Waals surface area contributed by atoms with E-state index in [2.05, 4.69) is 5.32 Å². The topological polar surface area (TPSA) is 78.9 Å². The Balaban J connectivity index is 1.64. The van der Waals surface area contributed by atoms with E-state index in [9.17, 15) is 14.7 Å². The molecule has 1 aliphatic carbocycles. The van der Waals surface area contributed by atoms with Gasteiger partial charge in [0, 0.05) is 25.7 Å². The van der Waals surface area contributed by atoms with Crippen molar-refractivity contribution in [3.8, 4) is 0 Å². The molecule has 2 saturated heterocycles. The van der Waals surface area contributed by atoms with Gasteiger partial charge in [0.2, 0.25) is 11.8 Å². The fourth-order valence-corrected chi connectivity index (χ4v) is 3.30. The smallest absolute Gasteiger partial charge is 0.243 e. The number of nitrogens with zero attached hydrogens (tertiary/aromatic N) is 1. The van der Waals surface area contributed by atoms with Crippen LogP contribution in [0.15, 0.2) is 0 Å². The van der Waals surface area contributed by atoms with Crippen LogP contribution >= 0.6 is 0 Å². The van der Waals surface area contributed by atoms with Gasteiger partial charge in [0.25, 0.3) is 0 Å². The number of hydrogen-bond donors (Lipinski definition) is 2. The van der Waals surface area contributed by atoms with Gasteiger partial charge in [-0.25, -0.2) is 0 Å². The van der Waals surface area contributed by atoms with Crippen molar-refractivity contribution in [2.75, 3.05) is 26.4 Å². The third-order valence-electron chi connectivity index (χ3n) is 4.91. The first-order valence-corrected chi connectivity index (χ1v) is 7.96. The molecular formula is C15H24N2O4. The zero-order chi connectivity index (χ0) is 14.9. The molecule has 0 spiro atoms. The van der Waals surface area contributed by atoms with E-state index in [0.29, 0.717) is 32.6 Å². The molecule has 0 bridgehead atoms. The van der Waals surface area contributed by atoms with Crippen molar-refractivity contribution in [2.24, 2.45) is 5.92 Å². The number of carbonyl (C=O) groups is 2. The van der Waals surface area contributed by atoms with Crippen LogP contribution < -0.4 is 5.32 Å². The van der Waals surface area contributed by atoms with Crippen LogP contribution in [0, 0.1) is 5.92 Å². The quantitative estimate of drug-likeness (QED) is 0.768. The highest BCUT2D eigenvalue weighted by molar-refractivity contribution is 5.90. The lowest BCUT2D eigenvalue weighted by Gasteiger charge is -2.38. The number of amides is 2. The largest absolute Gasteiger partial charge is 0.394 e. The summed E-state index contributed by atoms with van der Waals surface area (Å²) in [5.41, 5.74) is -0.577. The Hall–Kier alpha value is -1.14. The molecule has 6 nitrogen and oxygen atoms in total. The molecule has 1 saturated carbocycles. The van der Waals surface area contributed by atoms with E-state index in [0.717, 1.165) is 25.7 Å².